The maximum Gasteiger partial charge on any atom is 0.338 e. The Bertz CT molecular complexity index is 736. The number of carbonyl (C=O) groups is 3. The maximum absolute atomic E-state index is 14.3. The van der Waals surface area contributed by atoms with E-state index in [4.69, 9.17) is 18.9 Å². The van der Waals surface area contributed by atoms with Gasteiger partial charge in [0.25, 0.3) is 5.92 Å². The van der Waals surface area contributed by atoms with Crippen LogP contribution in [0.5, 0.6) is 0 Å². The first-order chi connectivity index (χ1) is 12.2. The molecule has 2 fully saturated rings. The van der Waals surface area contributed by atoms with Crippen LogP contribution in [0.4, 0.5) is 8.78 Å². The topological polar surface area (TPSA) is 88.1 Å². The molecule has 7 nitrogen and oxygen atoms in total. The first-order valence-electron chi connectivity index (χ1n) is 7.81. The summed E-state index contributed by atoms with van der Waals surface area (Å²) in [5.74, 6) is -7.39. The number of hydrogen-bond acceptors (Lipinski definition) is 7. The van der Waals surface area contributed by atoms with E-state index in [1.807, 2.05) is 0 Å². The summed E-state index contributed by atoms with van der Waals surface area (Å²) in [5, 5.41) is 0. The molecule has 0 amide bonds. The van der Waals surface area contributed by atoms with Gasteiger partial charge >= 0.3 is 17.9 Å². The Kier molecular flexibility index (Phi) is 4.43. The number of esters is 3. The number of carbonyl (C=O) groups excluding carboxylic acids is 3. The molecule has 4 atom stereocenters. The molecule has 0 radical (unpaired) electrons. The van der Waals surface area contributed by atoms with Gasteiger partial charge in [-0.15, -0.1) is 0 Å². The van der Waals surface area contributed by atoms with E-state index < -0.39 is 54.4 Å². The van der Waals surface area contributed by atoms with Crippen LogP contribution in [0.3, 0.4) is 0 Å². The molecule has 1 aromatic carbocycles. The van der Waals surface area contributed by atoms with E-state index in [1.54, 1.807) is 18.2 Å². The highest BCUT2D eigenvalue weighted by atomic mass is 19.3. The number of fused-ring (bicyclic) bond motifs is 1. The van der Waals surface area contributed by atoms with E-state index in [9.17, 15) is 23.2 Å². The van der Waals surface area contributed by atoms with Crippen molar-refractivity contribution in [1.82, 2.24) is 0 Å². The molecule has 9 heteroatoms. The van der Waals surface area contributed by atoms with Crippen molar-refractivity contribution in [1.29, 1.82) is 0 Å². The Hall–Kier alpha value is -2.55. The van der Waals surface area contributed by atoms with Crippen LogP contribution in [0.2, 0.25) is 0 Å². The highest BCUT2D eigenvalue weighted by Gasteiger charge is 2.91. The zero-order valence-electron chi connectivity index (χ0n) is 13.9. The molecule has 26 heavy (non-hydrogen) atoms. The summed E-state index contributed by atoms with van der Waals surface area (Å²) in [4.78, 5) is 34.4. The number of alkyl halides is 2. The van der Waals surface area contributed by atoms with Gasteiger partial charge in [0.05, 0.1) is 5.56 Å². The molecule has 3 rings (SSSR count). The average Bonchev–Trinajstić information content (AvgIpc) is 2.86. The predicted octanol–water partition coefficient (Wildman–Crippen LogP) is 1.70. The lowest BCUT2D eigenvalue weighted by Gasteiger charge is -2.24. The average molecular weight is 370 g/mol. The molecule has 0 bridgehead atoms. The third kappa shape index (κ3) is 2.92. The molecule has 1 aliphatic heterocycles. The van der Waals surface area contributed by atoms with Crippen LogP contribution in [-0.2, 0) is 28.5 Å². The fourth-order valence-corrected chi connectivity index (χ4v) is 3.14. The lowest BCUT2D eigenvalue weighted by molar-refractivity contribution is -0.230. The van der Waals surface area contributed by atoms with Gasteiger partial charge in [0.15, 0.2) is 11.7 Å². The van der Waals surface area contributed by atoms with Gasteiger partial charge in [-0.25, -0.2) is 13.6 Å². The zero-order valence-corrected chi connectivity index (χ0v) is 13.9. The first kappa shape index (κ1) is 18.2. The third-order valence-corrected chi connectivity index (χ3v) is 4.31. The molecule has 2 aliphatic rings. The van der Waals surface area contributed by atoms with E-state index in [0.717, 1.165) is 13.8 Å². The van der Waals surface area contributed by atoms with Crippen LogP contribution in [0.25, 0.3) is 0 Å². The van der Waals surface area contributed by atoms with Crippen LogP contribution in [0.1, 0.15) is 24.2 Å². The Morgan fingerprint density at radius 2 is 1.69 bits per heavy atom. The monoisotopic (exact) mass is 370 g/mol. The van der Waals surface area contributed by atoms with Gasteiger partial charge in [0.1, 0.15) is 12.5 Å². The second-order valence-electron chi connectivity index (χ2n) is 6.10. The molecule has 1 heterocycles. The molecule has 140 valence electrons. The van der Waals surface area contributed by atoms with Gasteiger partial charge < -0.3 is 18.9 Å². The Morgan fingerprint density at radius 3 is 2.27 bits per heavy atom. The van der Waals surface area contributed by atoms with Gasteiger partial charge in [-0.2, -0.15) is 0 Å². The Balaban J connectivity index is 1.75. The minimum atomic E-state index is -3.40. The van der Waals surface area contributed by atoms with Crippen molar-refractivity contribution < 1.29 is 42.1 Å². The smallest absolute Gasteiger partial charge is 0.338 e. The fourth-order valence-electron chi connectivity index (χ4n) is 3.14. The van der Waals surface area contributed by atoms with E-state index in [0.29, 0.717) is 0 Å². The predicted molar refractivity (Wildman–Crippen MR) is 80.1 cm³/mol. The minimum absolute atomic E-state index is 0.190. The fraction of sp³-hybridized carbons (Fsp3) is 0.471. The molecule has 1 aromatic rings. The summed E-state index contributed by atoms with van der Waals surface area (Å²) in [7, 11) is 0. The second kappa shape index (κ2) is 6.31. The lowest BCUT2D eigenvalue weighted by Crippen LogP contribution is -2.39. The third-order valence-electron chi connectivity index (χ3n) is 4.31. The molecular weight excluding hydrogens is 354 g/mol. The SMILES string of the molecule is CC(=O)OC1O[C@]2(COC(=O)c3ccccc3)[C@H]([C@@H]1OC(C)=O)C2(F)F. The van der Waals surface area contributed by atoms with Gasteiger partial charge in [0.2, 0.25) is 6.29 Å². The normalized spacial score (nSPS) is 30.8. The van der Waals surface area contributed by atoms with Crippen molar-refractivity contribution in [3.05, 3.63) is 35.9 Å². The molecule has 0 spiro atoms. The van der Waals surface area contributed by atoms with Crippen LogP contribution >= 0.6 is 0 Å². The van der Waals surface area contributed by atoms with Gasteiger partial charge in [-0.1, -0.05) is 18.2 Å². The Labute approximate surface area is 147 Å². The number of halogens is 2. The first-order valence-corrected chi connectivity index (χ1v) is 7.81. The second-order valence-corrected chi connectivity index (χ2v) is 6.10. The maximum atomic E-state index is 14.3. The Morgan fingerprint density at radius 1 is 1.08 bits per heavy atom. The van der Waals surface area contributed by atoms with Gasteiger partial charge in [-0.05, 0) is 12.1 Å². The highest BCUT2D eigenvalue weighted by molar-refractivity contribution is 5.89. The number of hydrogen-bond donors (Lipinski definition) is 0. The van der Waals surface area contributed by atoms with Crippen LogP contribution in [-0.4, -0.2) is 48.4 Å². The number of benzene rings is 1. The summed E-state index contributed by atoms with van der Waals surface area (Å²) < 4.78 is 48.5. The molecule has 0 N–H and O–H groups in total. The molecule has 1 saturated carbocycles. The summed E-state index contributed by atoms with van der Waals surface area (Å²) in [6.07, 6.45) is -2.97. The van der Waals surface area contributed by atoms with Crippen LogP contribution < -0.4 is 0 Å². The zero-order chi connectivity index (χ0) is 19.1. The van der Waals surface area contributed by atoms with Gasteiger partial charge in [0, 0.05) is 13.8 Å². The summed E-state index contributed by atoms with van der Waals surface area (Å²) in [6.45, 7) is 1.34. The van der Waals surface area contributed by atoms with Crippen LogP contribution in [0, 0.1) is 5.92 Å². The van der Waals surface area contributed by atoms with Crippen LogP contribution in [0.15, 0.2) is 30.3 Å². The van der Waals surface area contributed by atoms with E-state index >= 15 is 0 Å². The number of rotatable bonds is 5. The number of ether oxygens (including phenoxy) is 4. The lowest BCUT2D eigenvalue weighted by atomic mass is 10.2. The standard InChI is InChI=1S/C17H16F2O7/c1-9(20)24-12-13-16(17(13,18)19,26-15(12)25-10(2)21)8-23-14(22)11-6-4-3-5-7-11/h3-7,12-13,15H,8H2,1-2H3/t12-,13-,15?,16+/m0/s1. The molecule has 1 saturated heterocycles. The summed E-state index contributed by atoms with van der Waals surface area (Å²) >= 11 is 0. The highest BCUT2D eigenvalue weighted by Crippen LogP contribution is 2.68. The summed E-state index contributed by atoms with van der Waals surface area (Å²) in [5.41, 5.74) is -2.01. The van der Waals surface area contributed by atoms with Crippen molar-refractivity contribution >= 4 is 17.9 Å². The van der Waals surface area contributed by atoms with Gasteiger partial charge in [-0.3, -0.25) is 9.59 Å². The quantitative estimate of drug-likeness (QED) is 0.576. The van der Waals surface area contributed by atoms with Crippen molar-refractivity contribution in [2.75, 3.05) is 6.61 Å². The van der Waals surface area contributed by atoms with E-state index in [-0.39, 0.29) is 5.56 Å². The molecular formula is C17H16F2O7. The van der Waals surface area contributed by atoms with Crippen molar-refractivity contribution in [3.63, 3.8) is 0 Å². The molecule has 0 aromatic heterocycles. The van der Waals surface area contributed by atoms with Crippen molar-refractivity contribution in [2.45, 2.75) is 37.8 Å². The largest absolute Gasteiger partial charge is 0.459 e. The van der Waals surface area contributed by atoms with Crippen molar-refractivity contribution in [2.24, 2.45) is 5.92 Å². The minimum Gasteiger partial charge on any atom is -0.459 e. The summed E-state index contributed by atoms with van der Waals surface area (Å²) in [6, 6.07) is 7.84. The van der Waals surface area contributed by atoms with E-state index in [2.05, 4.69) is 0 Å². The molecule has 1 aliphatic carbocycles. The van der Waals surface area contributed by atoms with Crippen molar-refractivity contribution in [3.8, 4) is 0 Å². The van der Waals surface area contributed by atoms with E-state index in [1.165, 1.54) is 12.1 Å². The molecule has 1 unspecified atom stereocenters.